The molecule has 0 aliphatic carbocycles. The minimum absolute atomic E-state index is 0.0636. The molecule has 1 N–H and O–H groups in total. The van der Waals surface area contributed by atoms with Gasteiger partial charge in [-0.3, -0.25) is 4.79 Å². The van der Waals surface area contributed by atoms with Crippen LogP contribution in [-0.2, 0) is 11.0 Å². The number of carbonyl (C=O) groups excluding carboxylic acids is 1. The van der Waals surface area contributed by atoms with E-state index in [1.54, 1.807) is 30.7 Å². The molecule has 0 aliphatic heterocycles. The molecule has 0 bridgehead atoms. The summed E-state index contributed by atoms with van der Waals surface area (Å²) in [5, 5.41) is 14.0. The number of hydrogen-bond donors (Lipinski definition) is 1. The molecule has 0 fully saturated rings. The van der Waals surface area contributed by atoms with E-state index < -0.39 is 17.6 Å². The average Bonchev–Trinajstić information content (AvgIpc) is 3.20. The van der Waals surface area contributed by atoms with E-state index in [0.29, 0.717) is 16.5 Å². The predicted molar refractivity (Wildman–Crippen MR) is 108 cm³/mol. The topological polar surface area (TPSA) is 75.0 Å². The van der Waals surface area contributed by atoms with Gasteiger partial charge in [-0.15, -0.1) is 11.3 Å². The average molecular weight is 429 g/mol. The second-order valence-electron chi connectivity index (χ2n) is 6.01. The zero-order valence-corrected chi connectivity index (χ0v) is 16.3. The Morgan fingerprint density at radius 2 is 2.00 bits per heavy atom. The van der Waals surface area contributed by atoms with Crippen LogP contribution in [0.2, 0.25) is 0 Å². The summed E-state index contributed by atoms with van der Waals surface area (Å²) in [6.45, 7) is 0. The normalized spacial score (nSPS) is 11.6. The van der Waals surface area contributed by atoms with Crippen molar-refractivity contribution >= 4 is 29.0 Å². The smallest absolute Gasteiger partial charge is 0.416 e. The van der Waals surface area contributed by atoms with Crippen LogP contribution in [0.15, 0.2) is 59.5 Å². The molecule has 9 heteroatoms. The van der Waals surface area contributed by atoms with Crippen molar-refractivity contribution < 1.29 is 22.7 Å². The zero-order valence-electron chi connectivity index (χ0n) is 15.5. The summed E-state index contributed by atoms with van der Waals surface area (Å²) in [5.41, 5.74) is -0.0501. The standard InChI is InChI=1S/C21H14F3N3O2S/c1-29-18-7-2-4-13(9-18)20-27-17(12-30-20)8-14(11-25)19(28)26-16-6-3-5-15(10-16)21(22,23)24/h2-10,12H,1H3,(H,26,28)/b14-8-. The van der Waals surface area contributed by atoms with E-state index in [-0.39, 0.29) is 11.3 Å². The molecule has 2 aromatic carbocycles. The monoisotopic (exact) mass is 429 g/mol. The number of hydrogen-bond acceptors (Lipinski definition) is 5. The molecule has 152 valence electrons. The fourth-order valence-electron chi connectivity index (χ4n) is 2.51. The number of carbonyl (C=O) groups is 1. The highest BCUT2D eigenvalue weighted by molar-refractivity contribution is 7.13. The van der Waals surface area contributed by atoms with E-state index in [1.165, 1.54) is 29.5 Å². The third kappa shape index (κ3) is 5.04. The molecule has 0 atom stereocenters. The number of thiazole rings is 1. The first kappa shape index (κ1) is 21.1. The Labute approximate surface area is 174 Å². The first-order chi connectivity index (χ1) is 14.3. The summed E-state index contributed by atoms with van der Waals surface area (Å²) < 4.78 is 43.6. The van der Waals surface area contributed by atoms with Gasteiger partial charge in [0.15, 0.2) is 0 Å². The molecule has 3 rings (SSSR count). The number of nitriles is 1. The van der Waals surface area contributed by atoms with Gasteiger partial charge in [-0.25, -0.2) is 4.98 Å². The van der Waals surface area contributed by atoms with Gasteiger partial charge in [-0.2, -0.15) is 18.4 Å². The summed E-state index contributed by atoms with van der Waals surface area (Å²) in [7, 11) is 1.55. The number of nitrogens with one attached hydrogen (secondary N) is 1. The molecule has 0 spiro atoms. The van der Waals surface area contributed by atoms with Gasteiger partial charge in [0, 0.05) is 16.6 Å². The van der Waals surface area contributed by atoms with Crippen LogP contribution in [0, 0.1) is 11.3 Å². The molecule has 0 saturated carbocycles. The number of anilines is 1. The van der Waals surface area contributed by atoms with Gasteiger partial charge < -0.3 is 10.1 Å². The second kappa shape index (κ2) is 8.80. The van der Waals surface area contributed by atoms with Gasteiger partial charge in [0.05, 0.1) is 18.4 Å². The lowest BCUT2D eigenvalue weighted by Crippen LogP contribution is -2.14. The molecule has 1 aromatic heterocycles. The Bertz CT molecular complexity index is 1150. The number of aromatic nitrogens is 1. The Kier molecular flexibility index (Phi) is 6.18. The van der Waals surface area contributed by atoms with E-state index in [4.69, 9.17) is 4.74 Å². The third-order valence-electron chi connectivity index (χ3n) is 3.94. The molecule has 1 heterocycles. The lowest BCUT2D eigenvalue weighted by molar-refractivity contribution is -0.137. The lowest BCUT2D eigenvalue weighted by atomic mass is 10.1. The number of amides is 1. The van der Waals surface area contributed by atoms with E-state index in [0.717, 1.165) is 17.7 Å². The molecule has 1 amide bonds. The molecular formula is C21H14F3N3O2S. The number of benzene rings is 2. The molecular weight excluding hydrogens is 415 g/mol. The molecule has 0 unspecified atom stereocenters. The highest BCUT2D eigenvalue weighted by atomic mass is 32.1. The fourth-order valence-corrected chi connectivity index (χ4v) is 3.28. The van der Waals surface area contributed by atoms with Crippen LogP contribution < -0.4 is 10.1 Å². The number of halogens is 3. The van der Waals surface area contributed by atoms with Gasteiger partial charge >= 0.3 is 6.18 Å². The van der Waals surface area contributed by atoms with E-state index in [2.05, 4.69) is 10.3 Å². The van der Waals surface area contributed by atoms with Crippen molar-refractivity contribution in [3.05, 3.63) is 70.7 Å². The first-order valence-corrected chi connectivity index (χ1v) is 9.38. The van der Waals surface area contributed by atoms with Crippen molar-refractivity contribution in [3.63, 3.8) is 0 Å². The maximum absolute atomic E-state index is 12.8. The quantitative estimate of drug-likeness (QED) is 0.436. The van der Waals surface area contributed by atoms with E-state index >= 15 is 0 Å². The zero-order chi connectivity index (χ0) is 21.7. The molecule has 0 aliphatic rings. The molecule has 0 saturated heterocycles. The minimum atomic E-state index is -4.54. The van der Waals surface area contributed by atoms with Gasteiger partial charge in [0.2, 0.25) is 0 Å². The number of methoxy groups -OCH3 is 1. The fraction of sp³-hybridized carbons (Fsp3) is 0.0952. The third-order valence-corrected chi connectivity index (χ3v) is 4.85. The van der Waals surface area contributed by atoms with Gasteiger partial charge in [-0.05, 0) is 36.4 Å². The highest BCUT2D eigenvalue weighted by Gasteiger charge is 2.30. The SMILES string of the molecule is COc1cccc(-c2nc(/C=C(/C#N)C(=O)Nc3cccc(C(F)(F)F)c3)cs2)c1. The lowest BCUT2D eigenvalue weighted by Gasteiger charge is -2.09. The minimum Gasteiger partial charge on any atom is -0.497 e. The Hall–Kier alpha value is -3.64. The van der Waals surface area contributed by atoms with Crippen molar-refractivity contribution in [1.82, 2.24) is 4.98 Å². The molecule has 3 aromatic rings. The number of alkyl halides is 3. The van der Waals surface area contributed by atoms with Crippen LogP contribution in [0.4, 0.5) is 18.9 Å². The van der Waals surface area contributed by atoms with Crippen LogP contribution >= 0.6 is 11.3 Å². The summed E-state index contributed by atoms with van der Waals surface area (Å²) in [6, 6.07) is 13.2. The molecule has 0 radical (unpaired) electrons. The Morgan fingerprint density at radius 3 is 2.70 bits per heavy atom. The maximum atomic E-state index is 12.8. The van der Waals surface area contributed by atoms with Gasteiger partial charge in [0.1, 0.15) is 22.4 Å². The van der Waals surface area contributed by atoms with Crippen molar-refractivity contribution in [2.24, 2.45) is 0 Å². The van der Waals surface area contributed by atoms with E-state index in [1.807, 2.05) is 12.1 Å². The van der Waals surface area contributed by atoms with Crippen molar-refractivity contribution in [3.8, 4) is 22.4 Å². The summed E-state index contributed by atoms with van der Waals surface area (Å²) in [6.07, 6.45) is -3.26. The summed E-state index contributed by atoms with van der Waals surface area (Å²) in [4.78, 5) is 16.7. The molecule has 30 heavy (non-hydrogen) atoms. The van der Waals surface area contributed by atoms with Crippen molar-refractivity contribution in [1.29, 1.82) is 5.26 Å². The molecule has 5 nitrogen and oxygen atoms in total. The van der Waals surface area contributed by atoms with Crippen molar-refractivity contribution in [2.75, 3.05) is 12.4 Å². The van der Waals surface area contributed by atoms with Gasteiger partial charge in [0.25, 0.3) is 5.91 Å². The summed E-state index contributed by atoms with van der Waals surface area (Å²) >= 11 is 1.32. The number of nitrogens with zero attached hydrogens (tertiary/aromatic N) is 2. The predicted octanol–water partition coefficient (Wildman–Crippen LogP) is 5.38. The van der Waals surface area contributed by atoms with Crippen LogP contribution in [-0.4, -0.2) is 18.0 Å². The van der Waals surface area contributed by atoms with Crippen LogP contribution in [0.5, 0.6) is 5.75 Å². The van der Waals surface area contributed by atoms with Crippen LogP contribution in [0.25, 0.3) is 16.6 Å². The Morgan fingerprint density at radius 1 is 1.23 bits per heavy atom. The summed E-state index contributed by atoms with van der Waals surface area (Å²) in [5.74, 6) is -0.161. The van der Waals surface area contributed by atoms with Crippen molar-refractivity contribution in [2.45, 2.75) is 6.18 Å². The van der Waals surface area contributed by atoms with Crippen LogP contribution in [0.3, 0.4) is 0 Å². The van der Waals surface area contributed by atoms with Crippen LogP contribution in [0.1, 0.15) is 11.3 Å². The highest BCUT2D eigenvalue weighted by Crippen LogP contribution is 2.31. The Balaban J connectivity index is 1.80. The van der Waals surface area contributed by atoms with Gasteiger partial charge in [-0.1, -0.05) is 18.2 Å². The van der Waals surface area contributed by atoms with E-state index in [9.17, 15) is 23.2 Å². The largest absolute Gasteiger partial charge is 0.497 e. The second-order valence-corrected chi connectivity index (χ2v) is 6.87. The maximum Gasteiger partial charge on any atom is 0.416 e. The first-order valence-electron chi connectivity index (χ1n) is 8.50. The number of rotatable bonds is 5. The number of ether oxygens (including phenoxy) is 1.